The van der Waals surface area contributed by atoms with Crippen molar-refractivity contribution in [2.45, 2.75) is 13.5 Å². The molecule has 0 bridgehead atoms. The predicted octanol–water partition coefficient (Wildman–Crippen LogP) is 3.08. The molecule has 0 saturated heterocycles. The number of halogens is 1. The number of amides is 1. The van der Waals surface area contributed by atoms with Crippen molar-refractivity contribution in [2.75, 3.05) is 6.54 Å². The van der Waals surface area contributed by atoms with Crippen LogP contribution >= 0.6 is 0 Å². The summed E-state index contributed by atoms with van der Waals surface area (Å²) in [6.45, 7) is 2.78. The van der Waals surface area contributed by atoms with Crippen LogP contribution in [0.4, 0.5) is 4.39 Å². The van der Waals surface area contributed by atoms with Gasteiger partial charge in [-0.2, -0.15) is 0 Å². The van der Waals surface area contributed by atoms with E-state index < -0.39 is 0 Å². The summed E-state index contributed by atoms with van der Waals surface area (Å²) in [5.74, 6) is -0.186. The lowest BCUT2D eigenvalue weighted by molar-refractivity contribution is 0.0720. The Labute approximate surface area is 105 Å². The van der Waals surface area contributed by atoms with E-state index in [0.29, 0.717) is 18.8 Å². The van der Waals surface area contributed by atoms with Gasteiger partial charge < -0.3 is 9.32 Å². The number of benzene rings is 1. The molecule has 0 aliphatic rings. The van der Waals surface area contributed by atoms with Crippen molar-refractivity contribution < 1.29 is 13.6 Å². The first-order chi connectivity index (χ1) is 8.70. The smallest absolute Gasteiger partial charge is 0.289 e. The number of nitrogens with zero attached hydrogens (tertiary/aromatic N) is 1. The Bertz CT molecular complexity index is 522. The van der Waals surface area contributed by atoms with Crippen LogP contribution in [0.3, 0.4) is 0 Å². The maximum absolute atomic E-state index is 13.1. The minimum absolute atomic E-state index is 0.188. The van der Waals surface area contributed by atoms with Gasteiger partial charge in [0.1, 0.15) is 5.82 Å². The lowest BCUT2D eigenvalue weighted by Gasteiger charge is -2.19. The molecule has 4 heteroatoms. The van der Waals surface area contributed by atoms with Gasteiger partial charge >= 0.3 is 0 Å². The highest BCUT2D eigenvalue weighted by Gasteiger charge is 2.16. The number of hydrogen-bond acceptors (Lipinski definition) is 2. The van der Waals surface area contributed by atoms with E-state index in [1.807, 2.05) is 6.92 Å². The van der Waals surface area contributed by atoms with E-state index in [4.69, 9.17) is 4.42 Å². The number of rotatable bonds is 4. The van der Waals surface area contributed by atoms with Crippen molar-refractivity contribution in [1.29, 1.82) is 0 Å². The predicted molar refractivity (Wildman–Crippen MR) is 65.5 cm³/mol. The van der Waals surface area contributed by atoms with Gasteiger partial charge in [0.2, 0.25) is 0 Å². The van der Waals surface area contributed by atoms with Gasteiger partial charge in [-0.25, -0.2) is 4.39 Å². The molecular formula is C14H14FNO2. The van der Waals surface area contributed by atoms with Gasteiger partial charge in [0.15, 0.2) is 5.76 Å². The van der Waals surface area contributed by atoms with Crippen LogP contribution < -0.4 is 0 Å². The van der Waals surface area contributed by atoms with Gasteiger partial charge in [0.05, 0.1) is 6.26 Å². The van der Waals surface area contributed by atoms with Crippen LogP contribution in [0.15, 0.2) is 47.1 Å². The Morgan fingerprint density at radius 2 is 2.17 bits per heavy atom. The molecular weight excluding hydrogens is 233 g/mol. The Kier molecular flexibility index (Phi) is 3.77. The van der Waals surface area contributed by atoms with Crippen molar-refractivity contribution in [2.24, 2.45) is 0 Å². The second-order valence-electron chi connectivity index (χ2n) is 3.93. The Morgan fingerprint density at radius 1 is 1.33 bits per heavy atom. The summed E-state index contributed by atoms with van der Waals surface area (Å²) in [5, 5.41) is 0. The largest absolute Gasteiger partial charge is 0.459 e. The van der Waals surface area contributed by atoms with Crippen molar-refractivity contribution in [3.8, 4) is 0 Å². The standard InChI is InChI=1S/C14H14FNO2/c1-2-16(14(17)13-7-4-8-18-13)10-11-5-3-6-12(15)9-11/h3-9H,2,10H2,1H3. The number of furan rings is 1. The van der Waals surface area contributed by atoms with Crippen molar-refractivity contribution >= 4 is 5.91 Å². The zero-order chi connectivity index (χ0) is 13.0. The minimum Gasteiger partial charge on any atom is -0.459 e. The molecule has 1 heterocycles. The molecule has 0 fully saturated rings. The summed E-state index contributed by atoms with van der Waals surface area (Å²) in [6.07, 6.45) is 1.46. The van der Waals surface area contributed by atoms with Gasteiger partial charge in [-0.05, 0) is 36.8 Å². The van der Waals surface area contributed by atoms with E-state index in [1.165, 1.54) is 18.4 Å². The fourth-order valence-electron chi connectivity index (χ4n) is 1.74. The second kappa shape index (κ2) is 5.49. The number of carbonyl (C=O) groups excluding carboxylic acids is 1. The third-order valence-corrected chi connectivity index (χ3v) is 2.66. The fraction of sp³-hybridized carbons (Fsp3) is 0.214. The maximum Gasteiger partial charge on any atom is 0.289 e. The molecule has 18 heavy (non-hydrogen) atoms. The molecule has 2 aromatic rings. The zero-order valence-corrected chi connectivity index (χ0v) is 10.1. The van der Waals surface area contributed by atoms with Crippen LogP contribution in [0.2, 0.25) is 0 Å². The van der Waals surface area contributed by atoms with Crippen LogP contribution in [0.1, 0.15) is 23.0 Å². The van der Waals surface area contributed by atoms with E-state index >= 15 is 0 Å². The minimum atomic E-state index is -0.297. The molecule has 0 atom stereocenters. The molecule has 94 valence electrons. The molecule has 2 rings (SSSR count). The zero-order valence-electron chi connectivity index (χ0n) is 10.1. The van der Waals surface area contributed by atoms with Crippen LogP contribution in [0, 0.1) is 5.82 Å². The van der Waals surface area contributed by atoms with Gasteiger partial charge in [-0.15, -0.1) is 0 Å². The van der Waals surface area contributed by atoms with Gasteiger partial charge in [0, 0.05) is 13.1 Å². The Morgan fingerprint density at radius 3 is 2.78 bits per heavy atom. The average Bonchev–Trinajstić information content (AvgIpc) is 2.89. The van der Waals surface area contributed by atoms with Crippen LogP contribution in [0.5, 0.6) is 0 Å². The molecule has 0 saturated carbocycles. The summed E-state index contributed by atoms with van der Waals surface area (Å²) in [4.78, 5) is 13.7. The molecule has 0 radical (unpaired) electrons. The lowest BCUT2D eigenvalue weighted by Crippen LogP contribution is -2.30. The van der Waals surface area contributed by atoms with Crippen LogP contribution in [0.25, 0.3) is 0 Å². The highest BCUT2D eigenvalue weighted by Crippen LogP contribution is 2.11. The summed E-state index contributed by atoms with van der Waals surface area (Å²) >= 11 is 0. The molecule has 0 spiro atoms. The number of hydrogen-bond donors (Lipinski definition) is 0. The molecule has 0 unspecified atom stereocenters. The summed E-state index contributed by atoms with van der Waals surface area (Å²) in [6, 6.07) is 9.53. The monoisotopic (exact) mass is 247 g/mol. The SMILES string of the molecule is CCN(Cc1cccc(F)c1)C(=O)c1ccco1. The first-order valence-electron chi connectivity index (χ1n) is 5.78. The molecule has 0 aliphatic heterocycles. The van der Waals surface area contributed by atoms with Crippen molar-refractivity contribution in [1.82, 2.24) is 4.90 Å². The normalized spacial score (nSPS) is 10.3. The second-order valence-corrected chi connectivity index (χ2v) is 3.93. The third kappa shape index (κ3) is 2.77. The molecule has 3 nitrogen and oxygen atoms in total. The van der Waals surface area contributed by atoms with Crippen molar-refractivity contribution in [3.63, 3.8) is 0 Å². The molecule has 0 N–H and O–H groups in total. The van der Waals surface area contributed by atoms with E-state index in [2.05, 4.69) is 0 Å². The van der Waals surface area contributed by atoms with Gasteiger partial charge in [-0.1, -0.05) is 12.1 Å². The molecule has 1 aromatic heterocycles. The summed E-state index contributed by atoms with van der Waals surface area (Å²) in [5.41, 5.74) is 0.761. The Hall–Kier alpha value is -2.10. The average molecular weight is 247 g/mol. The Balaban J connectivity index is 2.12. The fourth-order valence-corrected chi connectivity index (χ4v) is 1.74. The molecule has 0 aliphatic carbocycles. The number of carbonyl (C=O) groups is 1. The topological polar surface area (TPSA) is 33.5 Å². The molecule has 1 aromatic carbocycles. The van der Waals surface area contributed by atoms with E-state index in [-0.39, 0.29) is 11.7 Å². The van der Waals surface area contributed by atoms with E-state index in [9.17, 15) is 9.18 Å². The van der Waals surface area contributed by atoms with Gasteiger partial charge in [0.25, 0.3) is 5.91 Å². The first kappa shape index (κ1) is 12.4. The van der Waals surface area contributed by atoms with Crippen molar-refractivity contribution in [3.05, 3.63) is 59.8 Å². The molecule has 1 amide bonds. The van der Waals surface area contributed by atoms with E-state index in [0.717, 1.165) is 5.56 Å². The quantitative estimate of drug-likeness (QED) is 0.831. The van der Waals surface area contributed by atoms with E-state index in [1.54, 1.807) is 29.2 Å². The highest BCUT2D eigenvalue weighted by molar-refractivity contribution is 5.91. The summed E-state index contributed by atoms with van der Waals surface area (Å²) < 4.78 is 18.1. The van der Waals surface area contributed by atoms with Crippen LogP contribution in [-0.2, 0) is 6.54 Å². The van der Waals surface area contributed by atoms with Gasteiger partial charge in [-0.3, -0.25) is 4.79 Å². The maximum atomic E-state index is 13.1. The third-order valence-electron chi connectivity index (χ3n) is 2.66. The summed E-state index contributed by atoms with van der Waals surface area (Å²) in [7, 11) is 0. The lowest BCUT2D eigenvalue weighted by atomic mass is 10.2. The van der Waals surface area contributed by atoms with Crippen LogP contribution in [-0.4, -0.2) is 17.4 Å². The highest BCUT2D eigenvalue weighted by atomic mass is 19.1. The first-order valence-corrected chi connectivity index (χ1v) is 5.78.